The van der Waals surface area contributed by atoms with Crippen molar-refractivity contribution in [3.05, 3.63) is 65.2 Å². The van der Waals surface area contributed by atoms with E-state index in [0.717, 1.165) is 5.56 Å². The Balaban J connectivity index is 2.05. The Morgan fingerprint density at radius 3 is 1.95 bits per heavy atom. The van der Waals surface area contributed by atoms with Gasteiger partial charge in [-0.05, 0) is 48.2 Å². The largest absolute Gasteiger partial charge is 0.399 e. The van der Waals surface area contributed by atoms with E-state index >= 15 is 0 Å². The molecule has 2 aromatic carbocycles. The van der Waals surface area contributed by atoms with Gasteiger partial charge in [0.15, 0.2) is 0 Å². The van der Waals surface area contributed by atoms with Crippen molar-refractivity contribution >= 4 is 11.6 Å². The number of rotatable bonds is 4. The van der Waals surface area contributed by atoms with Crippen molar-refractivity contribution in [1.29, 1.82) is 0 Å². The molecule has 0 saturated heterocycles. The van der Waals surface area contributed by atoms with Gasteiger partial charge >= 0.3 is 0 Å². The average Bonchev–Trinajstić information content (AvgIpc) is 2.47. The highest BCUT2D eigenvalue weighted by Crippen LogP contribution is 2.19. The smallest absolute Gasteiger partial charge is 0.251 e. The molecule has 0 saturated carbocycles. The first kappa shape index (κ1) is 15.1. The predicted molar refractivity (Wildman–Crippen MR) is 87.3 cm³/mol. The molecule has 3 N–H and O–H groups in total. The number of nitrogens with one attached hydrogen (secondary N) is 1. The van der Waals surface area contributed by atoms with Gasteiger partial charge in [-0.15, -0.1) is 0 Å². The topological polar surface area (TPSA) is 55.1 Å². The van der Waals surface area contributed by atoms with E-state index in [-0.39, 0.29) is 11.9 Å². The third kappa shape index (κ3) is 3.85. The van der Waals surface area contributed by atoms with Gasteiger partial charge in [-0.25, -0.2) is 0 Å². The van der Waals surface area contributed by atoms with Crippen LogP contribution in [0.1, 0.15) is 54.2 Å². The minimum Gasteiger partial charge on any atom is -0.399 e. The first-order chi connectivity index (χ1) is 9.97. The maximum Gasteiger partial charge on any atom is 0.251 e. The quantitative estimate of drug-likeness (QED) is 0.836. The molecule has 2 rings (SSSR count). The zero-order valence-electron chi connectivity index (χ0n) is 12.8. The number of anilines is 1. The summed E-state index contributed by atoms with van der Waals surface area (Å²) in [5.41, 5.74) is 9.30. The lowest BCUT2D eigenvalue weighted by Gasteiger charge is -2.15. The standard InChI is InChI=1S/C18H22N2O/c1-12(2)14-4-6-15(7-5-14)13(3)20-18(21)16-8-10-17(19)11-9-16/h4-13H,19H2,1-3H3,(H,20,21). The molecule has 3 nitrogen and oxygen atoms in total. The summed E-state index contributed by atoms with van der Waals surface area (Å²) in [5, 5.41) is 3.00. The van der Waals surface area contributed by atoms with E-state index in [9.17, 15) is 4.79 Å². The average molecular weight is 282 g/mol. The third-order valence-corrected chi connectivity index (χ3v) is 3.62. The molecule has 110 valence electrons. The lowest BCUT2D eigenvalue weighted by molar-refractivity contribution is 0.0940. The molecular formula is C18H22N2O. The maximum atomic E-state index is 12.2. The fraction of sp³-hybridized carbons (Fsp3) is 0.278. The van der Waals surface area contributed by atoms with Gasteiger partial charge in [0.2, 0.25) is 0 Å². The molecule has 0 radical (unpaired) electrons. The molecule has 0 aliphatic rings. The molecule has 1 amide bonds. The summed E-state index contributed by atoms with van der Waals surface area (Å²) in [5.74, 6) is 0.425. The van der Waals surface area contributed by atoms with Crippen LogP contribution in [0.3, 0.4) is 0 Å². The Morgan fingerprint density at radius 1 is 0.905 bits per heavy atom. The van der Waals surface area contributed by atoms with Crippen molar-refractivity contribution < 1.29 is 4.79 Å². The van der Waals surface area contributed by atoms with Crippen molar-refractivity contribution in [2.24, 2.45) is 0 Å². The Kier molecular flexibility index (Phi) is 4.63. The summed E-state index contributed by atoms with van der Waals surface area (Å²) in [4.78, 5) is 12.2. The summed E-state index contributed by atoms with van der Waals surface area (Å²) in [7, 11) is 0. The van der Waals surface area contributed by atoms with Crippen LogP contribution < -0.4 is 11.1 Å². The van der Waals surface area contributed by atoms with Crippen molar-refractivity contribution in [1.82, 2.24) is 5.32 Å². The van der Waals surface area contributed by atoms with Crippen molar-refractivity contribution in [2.45, 2.75) is 32.7 Å². The van der Waals surface area contributed by atoms with Crippen LogP contribution in [0, 0.1) is 0 Å². The van der Waals surface area contributed by atoms with Crippen LogP contribution in [0.5, 0.6) is 0 Å². The Morgan fingerprint density at radius 2 is 1.43 bits per heavy atom. The van der Waals surface area contributed by atoms with E-state index in [1.54, 1.807) is 24.3 Å². The number of benzene rings is 2. The molecule has 3 heteroatoms. The second-order valence-corrected chi connectivity index (χ2v) is 5.64. The second-order valence-electron chi connectivity index (χ2n) is 5.64. The predicted octanol–water partition coefficient (Wildman–Crippen LogP) is 3.88. The Labute approximate surface area is 126 Å². The Bertz CT molecular complexity index is 600. The molecule has 1 atom stereocenters. The molecule has 0 aliphatic carbocycles. The third-order valence-electron chi connectivity index (χ3n) is 3.62. The SMILES string of the molecule is CC(C)c1ccc(C(C)NC(=O)c2ccc(N)cc2)cc1. The van der Waals surface area contributed by atoms with E-state index in [0.29, 0.717) is 17.2 Å². The fourth-order valence-corrected chi connectivity index (χ4v) is 2.17. The van der Waals surface area contributed by atoms with Crippen LogP contribution in [0.4, 0.5) is 5.69 Å². The lowest BCUT2D eigenvalue weighted by Crippen LogP contribution is -2.26. The number of carbonyl (C=O) groups excluding carboxylic acids is 1. The van der Waals surface area contributed by atoms with Gasteiger partial charge < -0.3 is 11.1 Å². The van der Waals surface area contributed by atoms with Crippen LogP contribution in [-0.2, 0) is 0 Å². The Hall–Kier alpha value is -2.29. The molecule has 0 aromatic heterocycles. The van der Waals surface area contributed by atoms with Gasteiger partial charge in [-0.1, -0.05) is 38.1 Å². The minimum atomic E-state index is -0.0876. The zero-order valence-corrected chi connectivity index (χ0v) is 12.8. The number of nitrogen functional groups attached to an aromatic ring is 1. The molecule has 0 heterocycles. The molecule has 0 aliphatic heterocycles. The molecule has 2 aromatic rings. The fourth-order valence-electron chi connectivity index (χ4n) is 2.17. The number of hydrogen-bond acceptors (Lipinski definition) is 2. The van der Waals surface area contributed by atoms with Crippen LogP contribution in [-0.4, -0.2) is 5.91 Å². The summed E-state index contributed by atoms with van der Waals surface area (Å²) in [6, 6.07) is 15.3. The maximum absolute atomic E-state index is 12.2. The summed E-state index contributed by atoms with van der Waals surface area (Å²) >= 11 is 0. The van der Waals surface area contributed by atoms with E-state index < -0.39 is 0 Å². The first-order valence-corrected chi connectivity index (χ1v) is 7.23. The summed E-state index contributed by atoms with van der Waals surface area (Å²) in [6.45, 7) is 6.32. The van der Waals surface area contributed by atoms with Gasteiger partial charge in [-0.2, -0.15) is 0 Å². The van der Waals surface area contributed by atoms with Crippen molar-refractivity contribution in [3.8, 4) is 0 Å². The highest BCUT2D eigenvalue weighted by molar-refractivity contribution is 5.94. The van der Waals surface area contributed by atoms with Gasteiger partial charge in [0.1, 0.15) is 0 Å². The van der Waals surface area contributed by atoms with Crippen LogP contribution >= 0.6 is 0 Å². The van der Waals surface area contributed by atoms with E-state index in [2.05, 4.69) is 43.4 Å². The number of amides is 1. The van der Waals surface area contributed by atoms with Crippen LogP contribution in [0.2, 0.25) is 0 Å². The molecule has 0 fully saturated rings. The molecule has 0 bridgehead atoms. The monoisotopic (exact) mass is 282 g/mol. The number of nitrogens with two attached hydrogens (primary N) is 1. The second kappa shape index (κ2) is 6.44. The molecule has 1 unspecified atom stereocenters. The first-order valence-electron chi connectivity index (χ1n) is 7.23. The molecular weight excluding hydrogens is 260 g/mol. The highest BCUT2D eigenvalue weighted by atomic mass is 16.1. The van der Waals surface area contributed by atoms with E-state index in [4.69, 9.17) is 5.73 Å². The van der Waals surface area contributed by atoms with Crippen LogP contribution in [0.25, 0.3) is 0 Å². The lowest BCUT2D eigenvalue weighted by atomic mass is 9.99. The highest BCUT2D eigenvalue weighted by Gasteiger charge is 2.11. The normalized spacial score (nSPS) is 12.2. The zero-order chi connectivity index (χ0) is 15.4. The minimum absolute atomic E-state index is 0.0312. The van der Waals surface area contributed by atoms with E-state index in [1.165, 1.54) is 5.56 Å². The van der Waals surface area contributed by atoms with E-state index in [1.807, 2.05) is 6.92 Å². The van der Waals surface area contributed by atoms with Crippen molar-refractivity contribution in [2.75, 3.05) is 5.73 Å². The summed E-state index contributed by atoms with van der Waals surface area (Å²) < 4.78 is 0. The summed E-state index contributed by atoms with van der Waals surface area (Å²) in [6.07, 6.45) is 0. The van der Waals surface area contributed by atoms with Crippen molar-refractivity contribution in [3.63, 3.8) is 0 Å². The van der Waals surface area contributed by atoms with Gasteiger partial charge in [0.25, 0.3) is 5.91 Å². The van der Waals surface area contributed by atoms with Gasteiger partial charge in [-0.3, -0.25) is 4.79 Å². The van der Waals surface area contributed by atoms with Gasteiger partial charge in [0, 0.05) is 11.3 Å². The molecule has 0 spiro atoms. The number of hydrogen-bond donors (Lipinski definition) is 2. The number of carbonyl (C=O) groups is 1. The molecule has 21 heavy (non-hydrogen) atoms. The van der Waals surface area contributed by atoms with Gasteiger partial charge in [0.05, 0.1) is 6.04 Å². The van der Waals surface area contributed by atoms with Crippen LogP contribution in [0.15, 0.2) is 48.5 Å².